The van der Waals surface area contributed by atoms with Crippen LogP contribution in [0.25, 0.3) is 0 Å². The van der Waals surface area contributed by atoms with Gasteiger partial charge in [0.2, 0.25) is 0 Å². The first kappa shape index (κ1) is 18.9. The number of aryl methyl sites for hydroxylation is 1. The first-order valence-corrected chi connectivity index (χ1v) is 8.86. The molecule has 0 bridgehead atoms. The van der Waals surface area contributed by atoms with Gasteiger partial charge in [0, 0.05) is 38.1 Å². The van der Waals surface area contributed by atoms with Crippen molar-refractivity contribution >= 4 is 12.0 Å². The van der Waals surface area contributed by atoms with Crippen LogP contribution in [0.4, 0.5) is 9.18 Å². The van der Waals surface area contributed by atoms with Crippen molar-refractivity contribution in [2.24, 2.45) is 18.9 Å². The minimum absolute atomic E-state index is 0.0747. The molecule has 1 saturated heterocycles. The number of nitrogens with zero attached hydrogens (tertiary/aromatic N) is 3. The van der Waals surface area contributed by atoms with Gasteiger partial charge in [0.15, 0.2) is 0 Å². The van der Waals surface area contributed by atoms with E-state index >= 15 is 0 Å². The molecule has 0 saturated carbocycles. The number of likely N-dealkylation sites (tertiary alicyclic amines) is 1. The number of carbonyl (C=O) groups excluding carboxylic acids is 1. The zero-order valence-corrected chi connectivity index (χ0v) is 15.3. The molecule has 0 radical (unpaired) electrons. The molecule has 1 fully saturated rings. The number of hydrogen-bond donors (Lipinski definition) is 2. The van der Waals surface area contributed by atoms with Crippen molar-refractivity contribution in [1.29, 1.82) is 0 Å². The lowest BCUT2D eigenvalue weighted by atomic mass is 9.91. The molecule has 1 aliphatic rings. The minimum atomic E-state index is -0.908. The van der Waals surface area contributed by atoms with Gasteiger partial charge in [-0.1, -0.05) is 25.1 Å². The third kappa shape index (κ3) is 4.10. The number of benzene rings is 1. The van der Waals surface area contributed by atoms with Gasteiger partial charge in [-0.05, 0) is 18.4 Å². The summed E-state index contributed by atoms with van der Waals surface area (Å²) in [5.74, 6) is -1.38. The number of piperidine rings is 1. The van der Waals surface area contributed by atoms with Crippen molar-refractivity contribution in [3.63, 3.8) is 0 Å². The molecule has 3 atom stereocenters. The van der Waals surface area contributed by atoms with Crippen molar-refractivity contribution in [2.45, 2.75) is 19.4 Å². The van der Waals surface area contributed by atoms with Gasteiger partial charge in [-0.2, -0.15) is 0 Å². The molecule has 1 aromatic carbocycles. The Kier molecular flexibility index (Phi) is 5.43. The summed E-state index contributed by atoms with van der Waals surface area (Å²) in [6.07, 6.45) is 3.84. The molecule has 2 heterocycles. The Balaban J connectivity index is 1.86. The second kappa shape index (κ2) is 7.77. The van der Waals surface area contributed by atoms with Crippen LogP contribution in [0.15, 0.2) is 36.7 Å². The molecule has 2 amide bonds. The average Bonchev–Trinajstić information content (AvgIpc) is 3.05. The summed E-state index contributed by atoms with van der Waals surface area (Å²) in [7, 11) is 1.77. The van der Waals surface area contributed by atoms with Crippen molar-refractivity contribution in [3.05, 3.63) is 53.9 Å². The number of aromatic nitrogens is 2. The third-order valence-corrected chi connectivity index (χ3v) is 4.90. The average molecular weight is 374 g/mol. The summed E-state index contributed by atoms with van der Waals surface area (Å²) in [4.78, 5) is 30.0. The van der Waals surface area contributed by atoms with E-state index in [0.29, 0.717) is 24.4 Å². The summed E-state index contributed by atoms with van der Waals surface area (Å²) in [6.45, 7) is 2.51. The van der Waals surface area contributed by atoms with E-state index in [4.69, 9.17) is 0 Å². The fourth-order valence-electron chi connectivity index (χ4n) is 3.56. The molecule has 2 aromatic rings. The Morgan fingerprint density at radius 3 is 2.70 bits per heavy atom. The molecular formula is C19H23FN4O3. The van der Waals surface area contributed by atoms with E-state index in [2.05, 4.69) is 10.3 Å². The molecule has 8 heteroatoms. The number of imidazole rings is 1. The molecule has 7 nitrogen and oxygen atoms in total. The van der Waals surface area contributed by atoms with Crippen molar-refractivity contribution in [3.8, 4) is 0 Å². The monoisotopic (exact) mass is 374 g/mol. The first-order chi connectivity index (χ1) is 12.9. The zero-order valence-electron chi connectivity index (χ0n) is 15.3. The van der Waals surface area contributed by atoms with Crippen LogP contribution in [0.2, 0.25) is 0 Å². The van der Waals surface area contributed by atoms with Gasteiger partial charge in [-0.15, -0.1) is 0 Å². The van der Waals surface area contributed by atoms with Gasteiger partial charge in [0.05, 0.1) is 5.92 Å². The van der Waals surface area contributed by atoms with Crippen LogP contribution < -0.4 is 5.32 Å². The zero-order chi connectivity index (χ0) is 19.6. The topological polar surface area (TPSA) is 87.5 Å². The van der Waals surface area contributed by atoms with Crippen LogP contribution in [-0.4, -0.2) is 44.6 Å². The molecule has 0 aliphatic carbocycles. The van der Waals surface area contributed by atoms with E-state index in [1.165, 1.54) is 11.0 Å². The maximum atomic E-state index is 14.4. The highest BCUT2D eigenvalue weighted by Crippen LogP contribution is 2.25. The van der Waals surface area contributed by atoms with Crippen LogP contribution in [-0.2, 0) is 11.8 Å². The van der Waals surface area contributed by atoms with Crippen LogP contribution in [0.1, 0.15) is 30.8 Å². The molecular weight excluding hydrogens is 351 g/mol. The van der Waals surface area contributed by atoms with E-state index < -0.39 is 29.8 Å². The number of urea groups is 1. The quantitative estimate of drug-likeness (QED) is 0.860. The highest BCUT2D eigenvalue weighted by atomic mass is 19.1. The minimum Gasteiger partial charge on any atom is -0.481 e. The molecule has 1 aliphatic heterocycles. The molecule has 1 aromatic heterocycles. The largest absolute Gasteiger partial charge is 0.481 e. The Hall–Kier alpha value is -2.90. The van der Waals surface area contributed by atoms with Gasteiger partial charge in [-0.25, -0.2) is 14.2 Å². The van der Waals surface area contributed by atoms with Gasteiger partial charge in [-0.3, -0.25) is 4.79 Å². The van der Waals surface area contributed by atoms with Crippen LogP contribution >= 0.6 is 0 Å². The Bertz CT molecular complexity index is 838. The fraction of sp³-hybridized carbons (Fsp3) is 0.421. The SMILES string of the molecule is CC1CC(C(=O)O)CN(C(=O)NC(c2ccccc2F)c2nccn2C)C1. The highest BCUT2D eigenvalue weighted by Gasteiger charge is 2.33. The first-order valence-electron chi connectivity index (χ1n) is 8.86. The maximum Gasteiger partial charge on any atom is 0.318 e. The van der Waals surface area contributed by atoms with Crippen molar-refractivity contribution < 1.29 is 19.1 Å². The summed E-state index contributed by atoms with van der Waals surface area (Å²) in [6, 6.07) is 5.02. The normalized spacial score (nSPS) is 20.9. The number of carboxylic acids is 1. The van der Waals surface area contributed by atoms with Crippen LogP contribution in [0.5, 0.6) is 0 Å². The lowest BCUT2D eigenvalue weighted by Crippen LogP contribution is -2.50. The summed E-state index contributed by atoms with van der Waals surface area (Å²) >= 11 is 0. The lowest BCUT2D eigenvalue weighted by molar-refractivity contribution is -0.143. The Morgan fingerprint density at radius 2 is 2.07 bits per heavy atom. The number of hydrogen-bond acceptors (Lipinski definition) is 3. The van der Waals surface area contributed by atoms with E-state index in [1.54, 1.807) is 42.2 Å². The number of aliphatic carboxylic acids is 1. The smallest absolute Gasteiger partial charge is 0.318 e. The molecule has 0 spiro atoms. The number of carbonyl (C=O) groups is 2. The Labute approximate surface area is 156 Å². The van der Waals surface area contributed by atoms with Gasteiger partial charge < -0.3 is 19.9 Å². The number of carboxylic acid groups (broad SMARTS) is 1. The molecule has 144 valence electrons. The summed E-state index contributed by atoms with van der Waals surface area (Å²) in [5.41, 5.74) is 0.306. The number of rotatable bonds is 4. The molecule has 3 unspecified atom stereocenters. The lowest BCUT2D eigenvalue weighted by Gasteiger charge is -2.35. The standard InChI is InChI=1S/C19H23FN4O3/c1-12-9-13(18(25)26)11-24(10-12)19(27)22-16(17-21-7-8-23(17)2)14-5-3-4-6-15(14)20/h3-8,12-13,16H,9-11H2,1-2H3,(H,22,27)(H,25,26). The predicted molar refractivity (Wildman–Crippen MR) is 96.5 cm³/mol. The molecule has 27 heavy (non-hydrogen) atoms. The second-order valence-electron chi connectivity index (χ2n) is 7.08. The number of nitrogens with one attached hydrogen (secondary N) is 1. The maximum absolute atomic E-state index is 14.4. The van der Waals surface area contributed by atoms with Crippen molar-refractivity contribution in [1.82, 2.24) is 19.8 Å². The van der Waals surface area contributed by atoms with E-state index in [0.717, 1.165) is 0 Å². The number of amides is 2. The number of halogens is 1. The Morgan fingerprint density at radius 1 is 1.33 bits per heavy atom. The fourth-order valence-corrected chi connectivity index (χ4v) is 3.56. The van der Waals surface area contributed by atoms with Crippen LogP contribution in [0, 0.1) is 17.7 Å². The summed E-state index contributed by atoms with van der Waals surface area (Å²) in [5, 5.41) is 12.2. The van der Waals surface area contributed by atoms with E-state index in [-0.39, 0.29) is 12.5 Å². The van der Waals surface area contributed by atoms with Crippen LogP contribution in [0.3, 0.4) is 0 Å². The summed E-state index contributed by atoms with van der Waals surface area (Å²) < 4.78 is 16.1. The second-order valence-corrected chi connectivity index (χ2v) is 7.08. The van der Waals surface area contributed by atoms with E-state index in [1.807, 2.05) is 6.92 Å². The van der Waals surface area contributed by atoms with Gasteiger partial charge in [0.1, 0.15) is 17.7 Å². The van der Waals surface area contributed by atoms with Crippen molar-refractivity contribution in [2.75, 3.05) is 13.1 Å². The molecule has 3 rings (SSSR count). The van der Waals surface area contributed by atoms with Gasteiger partial charge in [0.25, 0.3) is 0 Å². The third-order valence-electron chi connectivity index (χ3n) is 4.90. The highest BCUT2D eigenvalue weighted by molar-refractivity contribution is 5.77. The van der Waals surface area contributed by atoms with Gasteiger partial charge >= 0.3 is 12.0 Å². The van der Waals surface area contributed by atoms with E-state index in [9.17, 15) is 19.1 Å². The predicted octanol–water partition coefficient (Wildman–Crippen LogP) is 2.40. The molecule has 2 N–H and O–H groups in total.